The van der Waals surface area contributed by atoms with E-state index in [1.54, 1.807) is 17.4 Å². The van der Waals surface area contributed by atoms with Crippen molar-refractivity contribution in [1.82, 2.24) is 0 Å². The van der Waals surface area contributed by atoms with E-state index in [1.807, 2.05) is 13.0 Å². The number of fused-ring (bicyclic) bond motifs is 1. The van der Waals surface area contributed by atoms with Crippen molar-refractivity contribution in [3.63, 3.8) is 0 Å². The lowest BCUT2D eigenvalue weighted by Gasteiger charge is -2.25. The molecule has 1 aromatic heterocycles. The van der Waals surface area contributed by atoms with Crippen molar-refractivity contribution < 1.29 is 4.39 Å². The van der Waals surface area contributed by atoms with E-state index in [0.717, 1.165) is 28.4 Å². The standard InChI is InChI=1S/C15H15ClFNS/c1-9-7-10(17)5-6-12(9)18-13-3-2-4-14-11(13)8-15(16)19-14/h5-8,13,18H,2-4H2,1H3. The van der Waals surface area contributed by atoms with Crippen LogP contribution in [0.15, 0.2) is 24.3 Å². The van der Waals surface area contributed by atoms with Crippen molar-refractivity contribution in [2.75, 3.05) is 5.32 Å². The Balaban J connectivity index is 1.88. The zero-order valence-electron chi connectivity index (χ0n) is 10.7. The molecule has 1 aliphatic carbocycles. The average Bonchev–Trinajstić information content (AvgIpc) is 2.74. The maximum Gasteiger partial charge on any atom is 0.123 e. The Labute approximate surface area is 121 Å². The zero-order valence-corrected chi connectivity index (χ0v) is 12.2. The third-order valence-corrected chi connectivity index (χ3v) is 4.94. The van der Waals surface area contributed by atoms with Crippen LogP contribution in [-0.4, -0.2) is 0 Å². The van der Waals surface area contributed by atoms with Crippen molar-refractivity contribution in [3.8, 4) is 0 Å². The van der Waals surface area contributed by atoms with Gasteiger partial charge in [0.05, 0.1) is 10.4 Å². The van der Waals surface area contributed by atoms with E-state index in [2.05, 4.69) is 11.4 Å². The van der Waals surface area contributed by atoms with E-state index in [4.69, 9.17) is 11.6 Å². The number of thiophene rings is 1. The minimum atomic E-state index is -0.189. The van der Waals surface area contributed by atoms with E-state index in [0.29, 0.717) is 0 Å². The SMILES string of the molecule is Cc1cc(F)ccc1NC1CCCc2sc(Cl)cc21. The molecule has 0 aliphatic heterocycles. The summed E-state index contributed by atoms with van der Waals surface area (Å²) in [6.45, 7) is 1.93. The maximum atomic E-state index is 13.1. The lowest BCUT2D eigenvalue weighted by atomic mass is 9.93. The highest BCUT2D eigenvalue weighted by molar-refractivity contribution is 7.16. The topological polar surface area (TPSA) is 12.0 Å². The van der Waals surface area contributed by atoms with Crippen LogP contribution in [0, 0.1) is 12.7 Å². The van der Waals surface area contributed by atoms with E-state index >= 15 is 0 Å². The van der Waals surface area contributed by atoms with Crippen LogP contribution in [0.4, 0.5) is 10.1 Å². The van der Waals surface area contributed by atoms with E-state index < -0.39 is 0 Å². The third kappa shape index (κ3) is 2.63. The summed E-state index contributed by atoms with van der Waals surface area (Å²) in [6, 6.07) is 7.23. The Morgan fingerprint density at radius 1 is 1.37 bits per heavy atom. The Hall–Kier alpha value is -1.06. The first-order valence-electron chi connectivity index (χ1n) is 6.44. The monoisotopic (exact) mass is 295 g/mol. The number of anilines is 1. The van der Waals surface area contributed by atoms with Gasteiger partial charge in [0.2, 0.25) is 0 Å². The molecule has 0 saturated carbocycles. The van der Waals surface area contributed by atoms with Crippen molar-refractivity contribution in [2.24, 2.45) is 0 Å². The highest BCUT2D eigenvalue weighted by atomic mass is 35.5. The molecular weight excluding hydrogens is 281 g/mol. The molecule has 19 heavy (non-hydrogen) atoms. The lowest BCUT2D eigenvalue weighted by Crippen LogP contribution is -2.16. The lowest BCUT2D eigenvalue weighted by molar-refractivity contribution is 0.606. The van der Waals surface area contributed by atoms with E-state index in [1.165, 1.54) is 22.9 Å². The number of benzene rings is 1. The highest BCUT2D eigenvalue weighted by Gasteiger charge is 2.23. The predicted octanol–water partition coefficient (Wildman–Crippen LogP) is 5.34. The van der Waals surface area contributed by atoms with Crippen LogP contribution in [0.25, 0.3) is 0 Å². The van der Waals surface area contributed by atoms with Crippen LogP contribution in [0.1, 0.15) is 34.9 Å². The number of halogens is 2. The Morgan fingerprint density at radius 3 is 3.00 bits per heavy atom. The van der Waals surface area contributed by atoms with Gasteiger partial charge in [-0.2, -0.15) is 0 Å². The molecule has 2 aromatic rings. The van der Waals surface area contributed by atoms with Gasteiger partial charge in [-0.3, -0.25) is 0 Å². The summed E-state index contributed by atoms with van der Waals surface area (Å²) in [4.78, 5) is 1.38. The van der Waals surface area contributed by atoms with Crippen LogP contribution in [0.2, 0.25) is 4.34 Å². The van der Waals surface area contributed by atoms with Crippen molar-refractivity contribution in [1.29, 1.82) is 0 Å². The van der Waals surface area contributed by atoms with Gasteiger partial charge in [-0.25, -0.2) is 4.39 Å². The molecule has 0 spiro atoms. The van der Waals surface area contributed by atoms with Gasteiger partial charge in [-0.05, 0) is 61.6 Å². The van der Waals surface area contributed by atoms with Crippen LogP contribution >= 0.6 is 22.9 Å². The molecule has 3 rings (SSSR count). The molecule has 1 unspecified atom stereocenters. The minimum Gasteiger partial charge on any atom is -0.378 e. The molecule has 0 radical (unpaired) electrons. The number of hydrogen-bond donors (Lipinski definition) is 1. The Morgan fingerprint density at radius 2 is 2.21 bits per heavy atom. The first kappa shape index (κ1) is 12.9. The molecule has 1 aromatic carbocycles. The van der Waals surface area contributed by atoms with Gasteiger partial charge >= 0.3 is 0 Å². The van der Waals surface area contributed by atoms with E-state index in [9.17, 15) is 4.39 Å². The van der Waals surface area contributed by atoms with Crippen molar-refractivity contribution in [2.45, 2.75) is 32.2 Å². The van der Waals surface area contributed by atoms with Gasteiger partial charge in [0, 0.05) is 10.6 Å². The molecular formula is C15H15ClFNS. The smallest absolute Gasteiger partial charge is 0.123 e. The normalized spacial score (nSPS) is 18.2. The summed E-state index contributed by atoms with van der Waals surface area (Å²) in [5, 5.41) is 3.53. The highest BCUT2D eigenvalue weighted by Crippen LogP contribution is 2.39. The molecule has 1 N–H and O–H groups in total. The Kier molecular flexibility index (Phi) is 3.50. The fraction of sp³-hybridized carbons (Fsp3) is 0.333. The second kappa shape index (κ2) is 5.14. The molecule has 100 valence electrons. The van der Waals surface area contributed by atoms with Gasteiger partial charge in [0.15, 0.2) is 0 Å². The predicted molar refractivity (Wildman–Crippen MR) is 79.8 cm³/mol. The van der Waals surface area contributed by atoms with Crippen LogP contribution in [0.5, 0.6) is 0 Å². The van der Waals surface area contributed by atoms with Crippen molar-refractivity contribution in [3.05, 3.63) is 50.4 Å². The van der Waals surface area contributed by atoms with Crippen LogP contribution in [0.3, 0.4) is 0 Å². The number of rotatable bonds is 2. The molecule has 0 bridgehead atoms. The largest absolute Gasteiger partial charge is 0.378 e. The molecule has 1 atom stereocenters. The summed E-state index contributed by atoms with van der Waals surface area (Å²) in [6.07, 6.45) is 3.38. The van der Waals surface area contributed by atoms with Crippen LogP contribution < -0.4 is 5.32 Å². The molecule has 0 saturated heterocycles. The van der Waals surface area contributed by atoms with Gasteiger partial charge in [-0.15, -0.1) is 11.3 Å². The van der Waals surface area contributed by atoms with Gasteiger partial charge in [0.25, 0.3) is 0 Å². The zero-order chi connectivity index (χ0) is 13.4. The fourth-order valence-corrected chi connectivity index (χ4v) is 4.03. The van der Waals surface area contributed by atoms with Gasteiger partial charge < -0.3 is 5.32 Å². The fourth-order valence-electron chi connectivity index (χ4n) is 2.65. The maximum absolute atomic E-state index is 13.1. The summed E-state index contributed by atoms with van der Waals surface area (Å²) in [5.74, 6) is -0.189. The molecule has 0 fully saturated rings. The number of nitrogens with one attached hydrogen (secondary N) is 1. The molecule has 0 amide bonds. The molecule has 4 heteroatoms. The third-order valence-electron chi connectivity index (χ3n) is 3.60. The second-order valence-corrected chi connectivity index (χ2v) is 6.75. The number of hydrogen-bond acceptors (Lipinski definition) is 2. The van der Waals surface area contributed by atoms with Gasteiger partial charge in [-0.1, -0.05) is 11.6 Å². The Bertz CT molecular complexity index is 608. The minimum absolute atomic E-state index is 0.189. The average molecular weight is 296 g/mol. The van der Waals surface area contributed by atoms with Crippen LogP contribution in [-0.2, 0) is 6.42 Å². The van der Waals surface area contributed by atoms with Crippen molar-refractivity contribution >= 4 is 28.6 Å². The molecule has 1 nitrogen and oxygen atoms in total. The molecule has 1 heterocycles. The number of aryl methyl sites for hydroxylation is 2. The summed E-state index contributed by atoms with van der Waals surface area (Å²) < 4.78 is 14.0. The first-order valence-corrected chi connectivity index (χ1v) is 7.64. The quantitative estimate of drug-likeness (QED) is 0.788. The summed E-state index contributed by atoms with van der Waals surface area (Å²) in [5.41, 5.74) is 3.25. The second-order valence-electron chi connectivity index (χ2n) is 4.98. The first-order chi connectivity index (χ1) is 9.13. The summed E-state index contributed by atoms with van der Waals surface area (Å²) >= 11 is 7.79. The van der Waals surface area contributed by atoms with E-state index in [-0.39, 0.29) is 11.9 Å². The summed E-state index contributed by atoms with van der Waals surface area (Å²) in [7, 11) is 0. The molecule has 1 aliphatic rings. The van der Waals surface area contributed by atoms with Gasteiger partial charge in [0.1, 0.15) is 5.82 Å².